The summed E-state index contributed by atoms with van der Waals surface area (Å²) in [5.41, 5.74) is -0.438. The standard InChI is InChI=1S/C12H20F2N2O2/c1-11(2,3)18-10(17)16-7-12(8-16)5-15(6-12)4-9(13)14/h9H,4-8H2,1-3H3. The zero-order valence-electron chi connectivity index (χ0n) is 11.1. The van der Waals surface area contributed by atoms with Gasteiger partial charge < -0.3 is 9.64 Å². The maximum atomic E-state index is 12.1. The van der Waals surface area contributed by atoms with Gasteiger partial charge in [-0.1, -0.05) is 0 Å². The molecule has 18 heavy (non-hydrogen) atoms. The molecule has 0 radical (unpaired) electrons. The molecule has 0 N–H and O–H groups in total. The molecule has 1 spiro atoms. The Balaban J connectivity index is 1.71. The highest BCUT2D eigenvalue weighted by Crippen LogP contribution is 2.40. The number of alkyl halides is 2. The number of nitrogens with zero attached hydrogens (tertiary/aromatic N) is 2. The molecule has 0 aromatic heterocycles. The number of amides is 1. The molecule has 0 saturated carbocycles. The smallest absolute Gasteiger partial charge is 0.410 e. The Morgan fingerprint density at radius 1 is 1.28 bits per heavy atom. The third kappa shape index (κ3) is 2.91. The van der Waals surface area contributed by atoms with E-state index in [2.05, 4.69) is 0 Å². The summed E-state index contributed by atoms with van der Waals surface area (Å²) in [6.45, 7) is 7.90. The van der Waals surface area contributed by atoms with E-state index in [0.29, 0.717) is 26.2 Å². The zero-order valence-corrected chi connectivity index (χ0v) is 11.1. The van der Waals surface area contributed by atoms with E-state index in [4.69, 9.17) is 4.74 Å². The summed E-state index contributed by atoms with van der Waals surface area (Å²) in [7, 11) is 0. The summed E-state index contributed by atoms with van der Waals surface area (Å²) in [4.78, 5) is 15.1. The van der Waals surface area contributed by atoms with Crippen LogP contribution in [0.15, 0.2) is 0 Å². The first kappa shape index (κ1) is 13.5. The minimum Gasteiger partial charge on any atom is -0.444 e. The summed E-state index contributed by atoms with van der Waals surface area (Å²) in [6.07, 6.45) is -2.58. The van der Waals surface area contributed by atoms with Crippen molar-refractivity contribution in [2.24, 2.45) is 5.41 Å². The summed E-state index contributed by atoms with van der Waals surface area (Å²) in [6, 6.07) is 0. The highest BCUT2D eigenvalue weighted by molar-refractivity contribution is 5.69. The van der Waals surface area contributed by atoms with Crippen molar-refractivity contribution in [3.8, 4) is 0 Å². The predicted molar refractivity (Wildman–Crippen MR) is 62.7 cm³/mol. The van der Waals surface area contributed by atoms with Gasteiger partial charge >= 0.3 is 6.09 Å². The minimum absolute atomic E-state index is 0.0474. The second-order valence-electron chi connectivity index (χ2n) is 6.40. The molecular formula is C12H20F2N2O2. The molecule has 2 aliphatic heterocycles. The van der Waals surface area contributed by atoms with Gasteiger partial charge in [0.1, 0.15) is 5.60 Å². The summed E-state index contributed by atoms with van der Waals surface area (Å²) >= 11 is 0. The van der Waals surface area contributed by atoms with Gasteiger partial charge in [-0.05, 0) is 20.8 Å². The van der Waals surface area contributed by atoms with Crippen molar-refractivity contribution in [3.63, 3.8) is 0 Å². The van der Waals surface area contributed by atoms with Crippen molar-refractivity contribution in [2.45, 2.75) is 32.8 Å². The average Bonchev–Trinajstić information content (AvgIpc) is 2.02. The Bertz CT molecular complexity index is 327. The number of hydrogen-bond donors (Lipinski definition) is 0. The van der Waals surface area contributed by atoms with Crippen LogP contribution in [0.5, 0.6) is 0 Å². The lowest BCUT2D eigenvalue weighted by molar-refractivity contribution is -0.123. The van der Waals surface area contributed by atoms with Crippen LogP contribution in [0.1, 0.15) is 20.8 Å². The Labute approximate surface area is 106 Å². The fourth-order valence-corrected chi connectivity index (χ4v) is 2.65. The molecule has 0 bridgehead atoms. The second-order valence-corrected chi connectivity index (χ2v) is 6.40. The summed E-state index contributed by atoms with van der Waals surface area (Å²) < 4.78 is 29.5. The predicted octanol–water partition coefficient (Wildman–Crippen LogP) is 1.80. The van der Waals surface area contributed by atoms with E-state index in [1.165, 1.54) is 0 Å². The topological polar surface area (TPSA) is 32.8 Å². The third-order valence-electron chi connectivity index (χ3n) is 3.22. The van der Waals surface area contributed by atoms with E-state index < -0.39 is 12.0 Å². The quantitative estimate of drug-likeness (QED) is 0.761. The van der Waals surface area contributed by atoms with Crippen LogP contribution >= 0.6 is 0 Å². The van der Waals surface area contributed by atoms with Crippen LogP contribution in [0.2, 0.25) is 0 Å². The van der Waals surface area contributed by atoms with Gasteiger partial charge in [0.2, 0.25) is 0 Å². The first-order chi connectivity index (χ1) is 8.19. The van der Waals surface area contributed by atoms with E-state index in [1.807, 2.05) is 20.8 Å². The maximum Gasteiger partial charge on any atom is 0.410 e. The largest absolute Gasteiger partial charge is 0.444 e. The lowest BCUT2D eigenvalue weighted by Crippen LogP contribution is -2.73. The number of carbonyl (C=O) groups excluding carboxylic acids is 1. The van der Waals surface area contributed by atoms with Gasteiger partial charge in [-0.3, -0.25) is 4.90 Å². The highest BCUT2D eigenvalue weighted by Gasteiger charge is 2.54. The van der Waals surface area contributed by atoms with Crippen LogP contribution in [0.25, 0.3) is 0 Å². The van der Waals surface area contributed by atoms with Crippen LogP contribution in [-0.2, 0) is 4.74 Å². The number of ether oxygens (including phenoxy) is 1. The van der Waals surface area contributed by atoms with Gasteiger partial charge in [0.15, 0.2) is 0 Å². The van der Waals surface area contributed by atoms with Crippen molar-refractivity contribution in [2.75, 3.05) is 32.7 Å². The van der Waals surface area contributed by atoms with E-state index in [9.17, 15) is 13.6 Å². The normalized spacial score (nSPS) is 22.9. The van der Waals surface area contributed by atoms with Gasteiger partial charge in [-0.2, -0.15) is 0 Å². The minimum atomic E-state index is -2.27. The number of carbonyl (C=O) groups is 1. The zero-order chi connectivity index (χ0) is 13.6. The fourth-order valence-electron chi connectivity index (χ4n) is 2.65. The molecule has 2 saturated heterocycles. The molecular weight excluding hydrogens is 242 g/mol. The summed E-state index contributed by atoms with van der Waals surface area (Å²) in [5, 5.41) is 0. The van der Waals surface area contributed by atoms with Gasteiger partial charge in [-0.15, -0.1) is 0 Å². The van der Waals surface area contributed by atoms with Crippen molar-refractivity contribution in [1.29, 1.82) is 0 Å². The van der Waals surface area contributed by atoms with Crippen LogP contribution in [-0.4, -0.2) is 60.6 Å². The number of halogens is 2. The first-order valence-electron chi connectivity index (χ1n) is 6.18. The molecule has 0 atom stereocenters. The Morgan fingerprint density at radius 2 is 1.83 bits per heavy atom. The molecule has 0 aromatic rings. The van der Waals surface area contributed by atoms with Crippen molar-refractivity contribution >= 4 is 6.09 Å². The third-order valence-corrected chi connectivity index (χ3v) is 3.22. The lowest BCUT2D eigenvalue weighted by atomic mass is 9.73. The number of hydrogen-bond acceptors (Lipinski definition) is 3. The van der Waals surface area contributed by atoms with Gasteiger partial charge in [-0.25, -0.2) is 13.6 Å². The van der Waals surface area contributed by atoms with E-state index in [0.717, 1.165) is 0 Å². The molecule has 6 heteroatoms. The van der Waals surface area contributed by atoms with Crippen molar-refractivity contribution in [1.82, 2.24) is 9.80 Å². The van der Waals surface area contributed by atoms with Crippen LogP contribution < -0.4 is 0 Å². The molecule has 0 aliphatic carbocycles. The molecule has 2 heterocycles. The molecule has 2 aliphatic rings. The van der Waals surface area contributed by atoms with Crippen molar-refractivity contribution < 1.29 is 18.3 Å². The van der Waals surface area contributed by atoms with E-state index >= 15 is 0 Å². The van der Waals surface area contributed by atoms with Gasteiger partial charge in [0.05, 0.1) is 6.54 Å². The SMILES string of the molecule is CC(C)(C)OC(=O)N1CC2(CN(CC(F)F)C2)C1. The maximum absolute atomic E-state index is 12.1. The molecule has 2 rings (SSSR count). The number of rotatable bonds is 2. The molecule has 0 aromatic carbocycles. The van der Waals surface area contributed by atoms with Crippen LogP contribution in [0, 0.1) is 5.41 Å². The molecule has 1 amide bonds. The van der Waals surface area contributed by atoms with E-state index in [-0.39, 0.29) is 18.1 Å². The van der Waals surface area contributed by atoms with Gasteiger partial charge in [0.25, 0.3) is 6.43 Å². The van der Waals surface area contributed by atoms with Crippen molar-refractivity contribution in [3.05, 3.63) is 0 Å². The summed E-state index contributed by atoms with van der Waals surface area (Å²) in [5.74, 6) is 0. The van der Waals surface area contributed by atoms with Crippen LogP contribution in [0.3, 0.4) is 0 Å². The molecule has 2 fully saturated rings. The first-order valence-corrected chi connectivity index (χ1v) is 6.18. The Kier molecular flexibility index (Phi) is 3.25. The molecule has 4 nitrogen and oxygen atoms in total. The monoisotopic (exact) mass is 262 g/mol. The highest BCUT2D eigenvalue weighted by atomic mass is 19.3. The second kappa shape index (κ2) is 4.33. The molecule has 104 valence electrons. The van der Waals surface area contributed by atoms with Crippen LogP contribution in [0.4, 0.5) is 13.6 Å². The Morgan fingerprint density at radius 3 is 2.28 bits per heavy atom. The number of likely N-dealkylation sites (tertiary alicyclic amines) is 2. The van der Waals surface area contributed by atoms with Gasteiger partial charge in [0, 0.05) is 31.6 Å². The molecule has 0 unspecified atom stereocenters. The Hall–Kier alpha value is -0.910. The fraction of sp³-hybridized carbons (Fsp3) is 0.917. The lowest BCUT2D eigenvalue weighted by Gasteiger charge is -2.59. The van der Waals surface area contributed by atoms with E-state index in [1.54, 1.807) is 9.80 Å². The average molecular weight is 262 g/mol.